The average Bonchev–Trinajstić information content (AvgIpc) is 3.17. The number of nitrogens with one attached hydrogen (secondary N) is 1. The van der Waals surface area contributed by atoms with Gasteiger partial charge in [-0.2, -0.15) is 0 Å². The summed E-state index contributed by atoms with van der Waals surface area (Å²) >= 11 is 0. The maximum absolute atomic E-state index is 13.0. The number of nitrogens with zero attached hydrogens (tertiary/aromatic N) is 2. The predicted molar refractivity (Wildman–Crippen MR) is 121 cm³/mol. The van der Waals surface area contributed by atoms with Gasteiger partial charge in [-0.05, 0) is 43.2 Å². The van der Waals surface area contributed by atoms with E-state index in [1.165, 1.54) is 5.69 Å². The second-order valence-corrected chi connectivity index (χ2v) is 8.63. The van der Waals surface area contributed by atoms with Crippen LogP contribution in [-0.4, -0.2) is 55.0 Å². The molecule has 5 rings (SSSR count). The van der Waals surface area contributed by atoms with E-state index < -0.39 is 11.9 Å². The summed E-state index contributed by atoms with van der Waals surface area (Å²) in [5.74, 6) is -0.269. The average molecular weight is 450 g/mol. The molecule has 0 spiro atoms. The van der Waals surface area contributed by atoms with Gasteiger partial charge in [0.1, 0.15) is 17.9 Å². The van der Waals surface area contributed by atoms with Crippen molar-refractivity contribution in [3.05, 3.63) is 59.2 Å². The molecule has 2 atom stereocenters. The third kappa shape index (κ3) is 4.18. The third-order valence-corrected chi connectivity index (χ3v) is 6.58. The van der Waals surface area contributed by atoms with Crippen LogP contribution in [0.2, 0.25) is 0 Å². The van der Waals surface area contributed by atoms with Gasteiger partial charge < -0.3 is 19.3 Å². The molecule has 2 unspecified atom stereocenters. The van der Waals surface area contributed by atoms with E-state index in [2.05, 4.69) is 34.5 Å². The molecule has 0 aliphatic carbocycles. The second-order valence-electron chi connectivity index (χ2n) is 8.63. The Hall–Kier alpha value is -3.39. The van der Waals surface area contributed by atoms with Gasteiger partial charge in [0.25, 0.3) is 5.91 Å². The molecule has 2 aromatic rings. The molecule has 3 heterocycles. The number of carbonyl (C=O) groups is 3. The van der Waals surface area contributed by atoms with Gasteiger partial charge in [0, 0.05) is 36.3 Å². The van der Waals surface area contributed by atoms with Crippen molar-refractivity contribution in [2.45, 2.75) is 38.5 Å². The highest BCUT2D eigenvalue weighted by atomic mass is 16.5. The smallest absolute Gasteiger partial charge is 0.255 e. The molecule has 3 aliphatic heterocycles. The number of rotatable bonds is 5. The molecule has 8 heteroatoms. The number of ether oxygens (including phenoxy) is 2. The van der Waals surface area contributed by atoms with Crippen LogP contribution < -0.4 is 15.0 Å². The zero-order valence-corrected chi connectivity index (χ0v) is 18.6. The Balaban J connectivity index is 1.30. The lowest BCUT2D eigenvalue weighted by molar-refractivity contribution is -0.136. The maximum atomic E-state index is 13.0. The van der Waals surface area contributed by atoms with Gasteiger partial charge in [-0.15, -0.1) is 0 Å². The summed E-state index contributed by atoms with van der Waals surface area (Å²) in [5, 5.41) is 2.34. The molecular weight excluding hydrogens is 422 g/mol. The number of benzene rings is 2. The van der Waals surface area contributed by atoms with Crippen LogP contribution in [0.25, 0.3) is 0 Å². The van der Waals surface area contributed by atoms with Crippen molar-refractivity contribution in [3.63, 3.8) is 0 Å². The number of anilines is 1. The van der Waals surface area contributed by atoms with Crippen LogP contribution in [-0.2, 0) is 20.9 Å². The van der Waals surface area contributed by atoms with E-state index in [1.807, 2.05) is 13.0 Å². The first kappa shape index (κ1) is 21.5. The van der Waals surface area contributed by atoms with E-state index in [-0.39, 0.29) is 24.3 Å². The summed E-state index contributed by atoms with van der Waals surface area (Å²) in [6.45, 7) is 5.54. The molecule has 1 N–H and O–H groups in total. The maximum Gasteiger partial charge on any atom is 0.255 e. The standard InChI is InChI=1S/C25H27N3O5/c1-16(17-5-7-18(8-6-17)27-11-13-32-14-12-27)33-22-4-2-3-19-20(22)15-28(25(19)31)21-9-10-23(29)26-24(21)30/h2-8,16,21H,9-15H2,1H3,(H,26,29,30). The van der Waals surface area contributed by atoms with E-state index in [1.54, 1.807) is 17.0 Å². The minimum Gasteiger partial charge on any atom is -0.486 e. The molecule has 0 radical (unpaired) electrons. The number of hydrogen-bond acceptors (Lipinski definition) is 6. The van der Waals surface area contributed by atoms with Crippen molar-refractivity contribution in [2.24, 2.45) is 0 Å². The number of fused-ring (bicyclic) bond motifs is 1. The van der Waals surface area contributed by atoms with E-state index in [0.717, 1.165) is 37.4 Å². The molecule has 2 saturated heterocycles. The van der Waals surface area contributed by atoms with Crippen molar-refractivity contribution < 1.29 is 23.9 Å². The van der Waals surface area contributed by atoms with Crippen molar-refractivity contribution >= 4 is 23.4 Å². The Morgan fingerprint density at radius 1 is 1.06 bits per heavy atom. The molecule has 8 nitrogen and oxygen atoms in total. The van der Waals surface area contributed by atoms with Crippen molar-refractivity contribution in [3.8, 4) is 5.75 Å². The van der Waals surface area contributed by atoms with E-state index >= 15 is 0 Å². The normalized spacial score (nSPS) is 21.6. The molecule has 2 aromatic carbocycles. The molecule has 172 valence electrons. The molecular formula is C25H27N3O5. The van der Waals surface area contributed by atoms with Gasteiger partial charge in [-0.25, -0.2) is 0 Å². The molecule has 0 aromatic heterocycles. The molecule has 0 saturated carbocycles. The van der Waals surface area contributed by atoms with Gasteiger partial charge in [0.15, 0.2) is 0 Å². The SMILES string of the molecule is CC(Oc1cccc2c1CN(C1CCC(=O)NC1=O)C2=O)c1ccc(N2CCOCC2)cc1. The first-order valence-corrected chi connectivity index (χ1v) is 11.4. The van der Waals surface area contributed by atoms with Crippen LogP contribution in [0.15, 0.2) is 42.5 Å². The molecule has 33 heavy (non-hydrogen) atoms. The topological polar surface area (TPSA) is 88.2 Å². The Labute approximate surface area is 192 Å². The summed E-state index contributed by atoms with van der Waals surface area (Å²) < 4.78 is 11.7. The first-order valence-electron chi connectivity index (χ1n) is 11.4. The summed E-state index contributed by atoms with van der Waals surface area (Å²) in [6, 6.07) is 13.1. The van der Waals surface area contributed by atoms with Gasteiger partial charge in [-0.1, -0.05) is 18.2 Å². The molecule has 3 amide bonds. The summed E-state index contributed by atoms with van der Waals surface area (Å²) in [5.41, 5.74) is 3.53. The zero-order chi connectivity index (χ0) is 22.9. The molecule has 0 bridgehead atoms. The summed E-state index contributed by atoms with van der Waals surface area (Å²) in [6.07, 6.45) is 0.360. The third-order valence-electron chi connectivity index (χ3n) is 6.58. The minimum absolute atomic E-state index is 0.201. The van der Waals surface area contributed by atoms with Crippen LogP contribution in [0.4, 0.5) is 5.69 Å². The van der Waals surface area contributed by atoms with Crippen molar-refractivity contribution in [2.75, 3.05) is 31.2 Å². The number of imide groups is 1. The lowest BCUT2D eigenvalue weighted by Gasteiger charge is -2.29. The molecule has 3 aliphatic rings. The fraction of sp³-hybridized carbons (Fsp3) is 0.400. The first-order chi connectivity index (χ1) is 16.0. The summed E-state index contributed by atoms with van der Waals surface area (Å²) in [7, 11) is 0. The Morgan fingerprint density at radius 3 is 2.55 bits per heavy atom. The number of morpholine rings is 1. The number of amides is 3. The second kappa shape index (κ2) is 8.86. The van der Waals surface area contributed by atoms with E-state index in [4.69, 9.17) is 9.47 Å². The fourth-order valence-corrected chi connectivity index (χ4v) is 4.70. The Kier molecular flexibility index (Phi) is 5.76. The van der Waals surface area contributed by atoms with E-state index in [9.17, 15) is 14.4 Å². The number of carbonyl (C=O) groups excluding carboxylic acids is 3. The van der Waals surface area contributed by atoms with Crippen LogP contribution >= 0.6 is 0 Å². The van der Waals surface area contributed by atoms with Crippen molar-refractivity contribution in [1.29, 1.82) is 0 Å². The van der Waals surface area contributed by atoms with Gasteiger partial charge in [0.2, 0.25) is 11.8 Å². The van der Waals surface area contributed by atoms with Gasteiger partial charge >= 0.3 is 0 Å². The Morgan fingerprint density at radius 2 is 1.82 bits per heavy atom. The number of piperidine rings is 1. The summed E-state index contributed by atoms with van der Waals surface area (Å²) in [4.78, 5) is 40.7. The lowest BCUT2D eigenvalue weighted by atomic mass is 10.0. The lowest BCUT2D eigenvalue weighted by Crippen LogP contribution is -2.52. The quantitative estimate of drug-likeness (QED) is 0.706. The monoisotopic (exact) mass is 449 g/mol. The van der Waals surface area contributed by atoms with Crippen LogP contribution in [0.1, 0.15) is 47.4 Å². The highest BCUT2D eigenvalue weighted by Crippen LogP contribution is 2.35. The highest BCUT2D eigenvalue weighted by molar-refractivity contribution is 6.05. The zero-order valence-electron chi connectivity index (χ0n) is 18.6. The number of hydrogen-bond donors (Lipinski definition) is 1. The van der Waals surface area contributed by atoms with Crippen LogP contribution in [0.5, 0.6) is 5.75 Å². The predicted octanol–water partition coefficient (Wildman–Crippen LogP) is 2.42. The van der Waals surface area contributed by atoms with Crippen molar-refractivity contribution in [1.82, 2.24) is 10.2 Å². The van der Waals surface area contributed by atoms with Gasteiger partial charge in [0.05, 0.1) is 19.8 Å². The van der Waals surface area contributed by atoms with Crippen LogP contribution in [0, 0.1) is 0 Å². The fourth-order valence-electron chi connectivity index (χ4n) is 4.70. The Bertz CT molecular complexity index is 1080. The molecule has 2 fully saturated rings. The van der Waals surface area contributed by atoms with E-state index in [0.29, 0.717) is 24.3 Å². The highest BCUT2D eigenvalue weighted by Gasteiger charge is 2.40. The van der Waals surface area contributed by atoms with Gasteiger partial charge in [-0.3, -0.25) is 19.7 Å². The minimum atomic E-state index is -0.638. The van der Waals surface area contributed by atoms with Crippen LogP contribution in [0.3, 0.4) is 0 Å². The largest absolute Gasteiger partial charge is 0.486 e.